The molecule has 0 fully saturated rings. The van der Waals surface area contributed by atoms with Gasteiger partial charge in [-0.1, -0.05) is 18.2 Å². The summed E-state index contributed by atoms with van der Waals surface area (Å²) in [5.74, 6) is 0.774. The Labute approximate surface area is 166 Å². The Morgan fingerprint density at radius 1 is 1.07 bits per heavy atom. The van der Waals surface area contributed by atoms with E-state index in [0.717, 1.165) is 22.4 Å². The van der Waals surface area contributed by atoms with Crippen molar-refractivity contribution < 1.29 is 13.2 Å². The molecular weight excluding hydrogens is 394 g/mol. The first kappa shape index (κ1) is 18.5. The first-order valence-electron chi connectivity index (χ1n) is 8.49. The van der Waals surface area contributed by atoms with E-state index >= 15 is 0 Å². The number of fused-ring (bicyclic) bond motifs is 1. The van der Waals surface area contributed by atoms with Crippen molar-refractivity contribution in [3.05, 3.63) is 71.2 Å². The van der Waals surface area contributed by atoms with Gasteiger partial charge in [0.1, 0.15) is 15.7 Å². The second-order valence-electron chi connectivity index (χ2n) is 6.01. The van der Waals surface area contributed by atoms with E-state index < -0.39 is 10.0 Å². The van der Waals surface area contributed by atoms with Gasteiger partial charge in [0.15, 0.2) is 0 Å². The van der Waals surface area contributed by atoms with Gasteiger partial charge in [-0.2, -0.15) is 0 Å². The third-order valence-electron chi connectivity index (χ3n) is 4.24. The van der Waals surface area contributed by atoms with E-state index in [9.17, 15) is 8.42 Å². The zero-order valence-corrected chi connectivity index (χ0v) is 16.6. The van der Waals surface area contributed by atoms with Gasteiger partial charge in [0.25, 0.3) is 0 Å². The van der Waals surface area contributed by atoms with Gasteiger partial charge in [-0.3, -0.25) is 4.98 Å². The van der Waals surface area contributed by atoms with Crippen LogP contribution in [0.5, 0.6) is 5.75 Å². The van der Waals surface area contributed by atoms with Crippen LogP contribution in [-0.4, -0.2) is 25.5 Å². The van der Waals surface area contributed by atoms with E-state index in [1.807, 2.05) is 41.8 Å². The fraction of sp³-hybridized carbons (Fsp3) is 0.100. The first-order valence-corrected chi connectivity index (χ1v) is 10.9. The van der Waals surface area contributed by atoms with E-state index in [2.05, 4.69) is 14.7 Å². The molecule has 6 nitrogen and oxygen atoms in total. The van der Waals surface area contributed by atoms with Gasteiger partial charge in [0.05, 0.1) is 24.9 Å². The number of aromatic nitrogens is 2. The van der Waals surface area contributed by atoms with Gasteiger partial charge < -0.3 is 4.74 Å². The van der Waals surface area contributed by atoms with Crippen LogP contribution in [-0.2, 0) is 16.6 Å². The highest BCUT2D eigenvalue weighted by atomic mass is 32.2. The van der Waals surface area contributed by atoms with E-state index in [1.54, 1.807) is 31.5 Å². The summed E-state index contributed by atoms with van der Waals surface area (Å²) in [6.07, 6.45) is 1.59. The molecule has 0 saturated heterocycles. The van der Waals surface area contributed by atoms with Crippen LogP contribution in [0.1, 0.15) is 5.01 Å². The third kappa shape index (κ3) is 3.75. The first-order chi connectivity index (χ1) is 13.6. The predicted octanol–water partition coefficient (Wildman–Crippen LogP) is 3.85. The molecule has 0 aliphatic heterocycles. The summed E-state index contributed by atoms with van der Waals surface area (Å²) >= 11 is 1.41. The summed E-state index contributed by atoms with van der Waals surface area (Å²) in [4.78, 5) is 8.91. The molecule has 0 saturated carbocycles. The van der Waals surface area contributed by atoms with Crippen LogP contribution in [0.4, 0.5) is 0 Å². The number of nitrogens with one attached hydrogen (secondary N) is 1. The van der Waals surface area contributed by atoms with Crippen LogP contribution in [0.25, 0.3) is 22.2 Å². The van der Waals surface area contributed by atoms with E-state index in [0.29, 0.717) is 10.5 Å². The lowest BCUT2D eigenvalue weighted by atomic mass is 10.2. The molecule has 8 heteroatoms. The number of sulfonamides is 1. The normalized spacial score (nSPS) is 11.6. The van der Waals surface area contributed by atoms with Crippen molar-refractivity contribution in [2.75, 3.05) is 7.11 Å². The molecule has 2 heterocycles. The Morgan fingerprint density at radius 3 is 2.64 bits per heavy atom. The minimum absolute atomic E-state index is 0.117. The Balaban J connectivity index is 1.53. The number of para-hydroxylation sites is 1. The third-order valence-corrected chi connectivity index (χ3v) is 6.52. The number of rotatable bonds is 6. The molecule has 4 rings (SSSR count). The van der Waals surface area contributed by atoms with Gasteiger partial charge in [-0.15, -0.1) is 11.3 Å². The number of hydrogen-bond donors (Lipinski definition) is 1. The molecule has 0 unspecified atom stereocenters. The molecular formula is C20H17N3O3S2. The number of ether oxygens (including phenoxy) is 1. The molecule has 2 aromatic heterocycles. The minimum Gasteiger partial charge on any atom is -0.497 e. The molecule has 0 atom stereocenters. The smallest absolute Gasteiger partial charge is 0.243 e. The molecule has 2 aromatic carbocycles. The standard InChI is InChI=1S/C20H17N3O3S2/c1-26-16-9-7-14(8-10-16)17-13-27-19(23-17)12-22-28(24,25)18-6-2-4-15-5-3-11-21-20(15)18/h2-11,13,22H,12H2,1H3. The average Bonchev–Trinajstić information content (AvgIpc) is 3.21. The zero-order valence-electron chi connectivity index (χ0n) is 15.0. The fourth-order valence-electron chi connectivity index (χ4n) is 2.81. The van der Waals surface area contributed by atoms with Crippen molar-refractivity contribution in [1.29, 1.82) is 0 Å². The molecule has 28 heavy (non-hydrogen) atoms. The lowest BCUT2D eigenvalue weighted by Crippen LogP contribution is -2.23. The van der Waals surface area contributed by atoms with Gasteiger partial charge >= 0.3 is 0 Å². The summed E-state index contributed by atoms with van der Waals surface area (Å²) in [5.41, 5.74) is 2.20. The highest BCUT2D eigenvalue weighted by Crippen LogP contribution is 2.25. The molecule has 0 bridgehead atoms. The Kier molecular flexibility index (Phi) is 5.08. The van der Waals surface area contributed by atoms with E-state index in [-0.39, 0.29) is 11.4 Å². The molecule has 4 aromatic rings. The fourth-order valence-corrected chi connectivity index (χ4v) is 4.81. The Hall–Kier alpha value is -2.81. The Bertz CT molecular complexity index is 1210. The largest absolute Gasteiger partial charge is 0.497 e. The zero-order chi connectivity index (χ0) is 19.6. The van der Waals surface area contributed by atoms with Crippen molar-refractivity contribution in [3.8, 4) is 17.0 Å². The topological polar surface area (TPSA) is 81.2 Å². The average molecular weight is 412 g/mol. The summed E-state index contributed by atoms with van der Waals surface area (Å²) in [5, 5.41) is 3.37. The van der Waals surface area contributed by atoms with E-state index in [4.69, 9.17) is 4.74 Å². The highest BCUT2D eigenvalue weighted by Gasteiger charge is 2.18. The lowest BCUT2D eigenvalue weighted by molar-refractivity contribution is 0.415. The summed E-state index contributed by atoms with van der Waals surface area (Å²) in [7, 11) is -2.09. The van der Waals surface area contributed by atoms with Crippen LogP contribution < -0.4 is 9.46 Å². The molecule has 1 N–H and O–H groups in total. The number of thiazole rings is 1. The summed E-state index contributed by atoms with van der Waals surface area (Å²) in [6, 6.07) is 16.3. The molecule has 142 valence electrons. The van der Waals surface area contributed by atoms with Crippen molar-refractivity contribution in [2.24, 2.45) is 0 Å². The number of methoxy groups -OCH3 is 1. The van der Waals surface area contributed by atoms with Gasteiger partial charge in [-0.25, -0.2) is 18.1 Å². The van der Waals surface area contributed by atoms with E-state index in [1.165, 1.54) is 11.3 Å². The maximum Gasteiger partial charge on any atom is 0.243 e. The molecule has 0 aliphatic carbocycles. The molecule has 0 spiro atoms. The van der Waals surface area contributed by atoms with Crippen molar-refractivity contribution >= 4 is 32.3 Å². The van der Waals surface area contributed by atoms with Crippen LogP contribution in [0.3, 0.4) is 0 Å². The number of hydrogen-bond acceptors (Lipinski definition) is 6. The number of nitrogens with zero attached hydrogens (tertiary/aromatic N) is 2. The van der Waals surface area contributed by atoms with Crippen LogP contribution >= 0.6 is 11.3 Å². The van der Waals surface area contributed by atoms with Crippen molar-refractivity contribution in [3.63, 3.8) is 0 Å². The second kappa shape index (κ2) is 7.67. The molecule has 0 radical (unpaired) electrons. The monoisotopic (exact) mass is 411 g/mol. The summed E-state index contributed by atoms with van der Waals surface area (Å²) in [6.45, 7) is 0.117. The second-order valence-corrected chi connectivity index (χ2v) is 8.69. The SMILES string of the molecule is COc1ccc(-c2csc(CNS(=O)(=O)c3cccc4cccnc34)n2)cc1. The minimum atomic E-state index is -3.71. The van der Waals surface area contributed by atoms with Gasteiger partial charge in [0.2, 0.25) is 10.0 Å². The van der Waals surface area contributed by atoms with Gasteiger partial charge in [0, 0.05) is 22.5 Å². The number of benzene rings is 2. The van der Waals surface area contributed by atoms with Crippen molar-refractivity contribution in [1.82, 2.24) is 14.7 Å². The molecule has 0 amide bonds. The maximum atomic E-state index is 12.8. The highest BCUT2D eigenvalue weighted by molar-refractivity contribution is 7.89. The predicted molar refractivity (Wildman–Crippen MR) is 110 cm³/mol. The van der Waals surface area contributed by atoms with Crippen LogP contribution in [0, 0.1) is 0 Å². The van der Waals surface area contributed by atoms with Gasteiger partial charge in [-0.05, 0) is 36.4 Å². The maximum absolute atomic E-state index is 12.8. The molecule has 0 aliphatic rings. The lowest BCUT2D eigenvalue weighted by Gasteiger charge is -2.07. The van der Waals surface area contributed by atoms with Crippen LogP contribution in [0.2, 0.25) is 0 Å². The van der Waals surface area contributed by atoms with Crippen LogP contribution in [0.15, 0.2) is 71.1 Å². The Morgan fingerprint density at radius 2 is 1.86 bits per heavy atom. The quantitative estimate of drug-likeness (QED) is 0.521. The summed E-state index contributed by atoms with van der Waals surface area (Å²) < 4.78 is 33.3. The van der Waals surface area contributed by atoms with Crippen molar-refractivity contribution in [2.45, 2.75) is 11.4 Å². The number of pyridine rings is 1.